The Kier molecular flexibility index (Phi) is 4.82. The molecule has 1 aliphatic rings. The van der Waals surface area contributed by atoms with Gasteiger partial charge in [-0.15, -0.1) is 0 Å². The van der Waals surface area contributed by atoms with E-state index in [1.807, 2.05) is 0 Å². The molecule has 1 amide bonds. The van der Waals surface area contributed by atoms with Gasteiger partial charge in [0.05, 0.1) is 18.6 Å². The van der Waals surface area contributed by atoms with Crippen molar-refractivity contribution < 1.29 is 29.0 Å². The summed E-state index contributed by atoms with van der Waals surface area (Å²) in [6.45, 7) is 5.47. The van der Waals surface area contributed by atoms with Gasteiger partial charge in [0.2, 0.25) is 0 Å². The normalized spacial score (nSPS) is 17.0. The van der Waals surface area contributed by atoms with E-state index < -0.39 is 29.6 Å². The van der Waals surface area contributed by atoms with Crippen LogP contribution in [0, 0.1) is 0 Å². The second-order valence-electron chi connectivity index (χ2n) is 6.66. The van der Waals surface area contributed by atoms with Gasteiger partial charge in [0, 0.05) is 13.1 Å². The van der Waals surface area contributed by atoms with Crippen molar-refractivity contribution >= 4 is 18.0 Å². The van der Waals surface area contributed by atoms with Gasteiger partial charge in [-0.25, -0.2) is 9.59 Å². The first kappa shape index (κ1) is 17.8. The van der Waals surface area contributed by atoms with Crippen LogP contribution in [0.1, 0.15) is 48.2 Å². The number of fused-ring (bicyclic) bond motifs is 1. The number of aliphatic carboxylic acids is 1. The second-order valence-corrected chi connectivity index (χ2v) is 6.66. The topological polar surface area (TPSA) is 93.1 Å². The number of hydrogen-bond acceptors (Lipinski definition) is 5. The molecule has 1 aromatic rings. The van der Waals surface area contributed by atoms with E-state index in [0.717, 1.165) is 0 Å². The number of amides is 1. The van der Waals surface area contributed by atoms with Crippen molar-refractivity contribution in [2.24, 2.45) is 0 Å². The van der Waals surface area contributed by atoms with Crippen LogP contribution >= 0.6 is 0 Å². The quantitative estimate of drug-likeness (QED) is 0.834. The molecule has 24 heavy (non-hydrogen) atoms. The highest BCUT2D eigenvalue weighted by atomic mass is 16.6. The standard InChI is InChI=1S/C17H21NO6/c1-17(2,3)24-16(22)18-8-11-6-5-10(15(21)23-4)7-12(11)13(9-18)14(19)20/h5-7,13H,8-9H2,1-4H3,(H,19,20). The van der Waals surface area contributed by atoms with Crippen molar-refractivity contribution in [1.29, 1.82) is 0 Å². The fraction of sp³-hybridized carbons (Fsp3) is 0.471. The number of carboxylic acid groups (broad SMARTS) is 1. The summed E-state index contributed by atoms with van der Waals surface area (Å²) in [5, 5.41) is 9.51. The first-order valence-corrected chi connectivity index (χ1v) is 7.54. The number of carbonyl (C=O) groups excluding carboxylic acids is 2. The largest absolute Gasteiger partial charge is 0.481 e. The van der Waals surface area contributed by atoms with Gasteiger partial charge >= 0.3 is 18.0 Å². The van der Waals surface area contributed by atoms with Crippen LogP contribution < -0.4 is 0 Å². The number of ether oxygens (including phenoxy) is 2. The number of methoxy groups -OCH3 is 1. The summed E-state index contributed by atoms with van der Waals surface area (Å²) < 4.78 is 9.99. The van der Waals surface area contributed by atoms with E-state index in [-0.39, 0.29) is 18.7 Å². The summed E-state index contributed by atoms with van der Waals surface area (Å²) in [6, 6.07) is 4.72. The number of rotatable bonds is 2. The molecule has 0 saturated carbocycles. The van der Waals surface area contributed by atoms with Gasteiger partial charge in [-0.05, 0) is 44.0 Å². The molecule has 0 radical (unpaired) electrons. The molecular weight excluding hydrogens is 314 g/mol. The Labute approximate surface area is 140 Å². The summed E-state index contributed by atoms with van der Waals surface area (Å²) in [4.78, 5) is 36.9. The van der Waals surface area contributed by atoms with Crippen LogP contribution in [0.3, 0.4) is 0 Å². The molecule has 1 atom stereocenters. The zero-order chi connectivity index (χ0) is 18.1. The van der Waals surface area contributed by atoms with Gasteiger partial charge in [0.15, 0.2) is 0 Å². The van der Waals surface area contributed by atoms with Gasteiger partial charge < -0.3 is 19.5 Å². The number of nitrogens with zero attached hydrogens (tertiary/aromatic N) is 1. The van der Waals surface area contributed by atoms with Crippen LogP contribution in [-0.4, -0.2) is 47.3 Å². The third-order valence-electron chi connectivity index (χ3n) is 3.66. The summed E-state index contributed by atoms with van der Waals surface area (Å²) in [7, 11) is 1.26. The van der Waals surface area contributed by atoms with Crippen molar-refractivity contribution in [3.63, 3.8) is 0 Å². The van der Waals surface area contributed by atoms with Crippen LogP contribution in [0.5, 0.6) is 0 Å². The highest BCUT2D eigenvalue weighted by Crippen LogP contribution is 2.30. The summed E-state index contributed by atoms with van der Waals surface area (Å²) in [5.74, 6) is -2.52. The molecule has 1 unspecified atom stereocenters. The summed E-state index contributed by atoms with van der Waals surface area (Å²) in [5.41, 5.74) is 0.816. The van der Waals surface area contributed by atoms with Crippen molar-refractivity contribution in [1.82, 2.24) is 4.90 Å². The zero-order valence-electron chi connectivity index (χ0n) is 14.2. The van der Waals surface area contributed by atoms with E-state index in [0.29, 0.717) is 11.1 Å². The third-order valence-corrected chi connectivity index (χ3v) is 3.66. The van der Waals surface area contributed by atoms with Gasteiger partial charge in [0.1, 0.15) is 5.60 Å². The average molecular weight is 335 g/mol. The minimum atomic E-state index is -1.06. The Hall–Kier alpha value is -2.57. The van der Waals surface area contributed by atoms with Gasteiger partial charge in [-0.1, -0.05) is 6.07 Å². The fourth-order valence-electron chi connectivity index (χ4n) is 2.57. The molecule has 0 aromatic heterocycles. The Morgan fingerprint density at radius 3 is 2.46 bits per heavy atom. The van der Waals surface area contributed by atoms with Crippen LogP contribution in [0.2, 0.25) is 0 Å². The maximum absolute atomic E-state index is 12.2. The maximum atomic E-state index is 12.2. The van der Waals surface area contributed by atoms with Crippen molar-refractivity contribution in [2.45, 2.75) is 38.8 Å². The molecule has 0 bridgehead atoms. The molecule has 0 saturated heterocycles. The highest BCUT2D eigenvalue weighted by Gasteiger charge is 2.35. The van der Waals surface area contributed by atoms with Crippen LogP contribution in [0.25, 0.3) is 0 Å². The van der Waals surface area contributed by atoms with Crippen LogP contribution in [0.15, 0.2) is 18.2 Å². The van der Waals surface area contributed by atoms with Crippen molar-refractivity contribution in [3.8, 4) is 0 Å². The van der Waals surface area contributed by atoms with Crippen molar-refractivity contribution in [2.75, 3.05) is 13.7 Å². The molecule has 0 spiro atoms. The fourth-order valence-corrected chi connectivity index (χ4v) is 2.57. The minimum absolute atomic E-state index is 0.0120. The zero-order valence-corrected chi connectivity index (χ0v) is 14.2. The van der Waals surface area contributed by atoms with E-state index in [4.69, 9.17) is 4.74 Å². The number of carboxylic acids is 1. The molecule has 2 rings (SSSR count). The first-order valence-electron chi connectivity index (χ1n) is 7.54. The summed E-state index contributed by atoms with van der Waals surface area (Å²) in [6.07, 6.45) is -0.559. The third kappa shape index (κ3) is 3.84. The average Bonchev–Trinajstić information content (AvgIpc) is 2.50. The smallest absolute Gasteiger partial charge is 0.410 e. The molecule has 0 fully saturated rings. The van der Waals surface area contributed by atoms with Crippen LogP contribution in [-0.2, 0) is 20.8 Å². The molecular formula is C17H21NO6. The lowest BCUT2D eigenvalue weighted by Crippen LogP contribution is -2.43. The molecule has 0 aliphatic carbocycles. The lowest BCUT2D eigenvalue weighted by atomic mass is 9.88. The molecule has 7 heteroatoms. The maximum Gasteiger partial charge on any atom is 0.410 e. The molecule has 1 N–H and O–H groups in total. The minimum Gasteiger partial charge on any atom is -0.481 e. The highest BCUT2D eigenvalue weighted by molar-refractivity contribution is 5.90. The van der Waals surface area contributed by atoms with E-state index in [1.54, 1.807) is 32.9 Å². The number of benzene rings is 1. The lowest BCUT2D eigenvalue weighted by molar-refractivity contribution is -0.139. The van der Waals surface area contributed by atoms with E-state index >= 15 is 0 Å². The molecule has 1 heterocycles. The Balaban J connectivity index is 2.34. The van der Waals surface area contributed by atoms with E-state index in [9.17, 15) is 19.5 Å². The number of hydrogen-bond donors (Lipinski definition) is 1. The monoisotopic (exact) mass is 335 g/mol. The number of carbonyl (C=O) groups is 3. The molecule has 130 valence electrons. The molecule has 1 aromatic carbocycles. The van der Waals surface area contributed by atoms with Gasteiger partial charge in [-0.3, -0.25) is 4.79 Å². The second kappa shape index (κ2) is 6.51. The predicted octanol–water partition coefficient (Wildman–Crippen LogP) is 2.39. The van der Waals surface area contributed by atoms with Crippen molar-refractivity contribution in [3.05, 3.63) is 34.9 Å². The Bertz CT molecular complexity index is 676. The first-order chi connectivity index (χ1) is 11.1. The van der Waals surface area contributed by atoms with Gasteiger partial charge in [-0.2, -0.15) is 0 Å². The van der Waals surface area contributed by atoms with E-state index in [2.05, 4.69) is 4.74 Å². The van der Waals surface area contributed by atoms with Crippen LogP contribution in [0.4, 0.5) is 4.79 Å². The molecule has 7 nitrogen and oxygen atoms in total. The van der Waals surface area contributed by atoms with Gasteiger partial charge in [0.25, 0.3) is 0 Å². The van der Waals surface area contributed by atoms with E-state index in [1.165, 1.54) is 18.1 Å². The molecule has 1 aliphatic heterocycles. The Morgan fingerprint density at radius 2 is 1.92 bits per heavy atom. The lowest BCUT2D eigenvalue weighted by Gasteiger charge is -2.34. The predicted molar refractivity (Wildman–Crippen MR) is 84.8 cm³/mol. The number of esters is 1. The Morgan fingerprint density at radius 1 is 1.25 bits per heavy atom. The SMILES string of the molecule is COC(=O)c1ccc2c(c1)C(C(=O)O)CN(C(=O)OC(C)(C)C)C2. The summed E-state index contributed by atoms with van der Waals surface area (Å²) >= 11 is 0.